The van der Waals surface area contributed by atoms with Gasteiger partial charge in [-0.25, -0.2) is 0 Å². The molecule has 0 unspecified atom stereocenters. The fourth-order valence-electron chi connectivity index (χ4n) is 3.00. The van der Waals surface area contributed by atoms with Crippen molar-refractivity contribution in [2.24, 2.45) is 0 Å². The van der Waals surface area contributed by atoms with E-state index in [2.05, 4.69) is 11.4 Å². The standard InChI is InChI=1S/C22H20ClN3O3S/c1-3-26-21(27)18(25-22(26)30)10-14-9-17(23)20(19(11-14)28-4-2)29-13-16-8-6-5-7-15(16)12-24/h5-11H,3-4,13H2,1-2H3,(H,25,30)/b18-10-. The van der Waals surface area contributed by atoms with Crippen molar-refractivity contribution < 1.29 is 14.3 Å². The Morgan fingerprint density at radius 3 is 2.70 bits per heavy atom. The molecule has 0 atom stereocenters. The lowest BCUT2D eigenvalue weighted by molar-refractivity contribution is -0.122. The molecule has 0 spiro atoms. The van der Waals surface area contributed by atoms with Crippen LogP contribution in [0.2, 0.25) is 5.02 Å². The van der Waals surface area contributed by atoms with Crippen molar-refractivity contribution in [2.45, 2.75) is 20.5 Å². The van der Waals surface area contributed by atoms with Crippen LogP contribution in [0.15, 0.2) is 42.1 Å². The van der Waals surface area contributed by atoms with Crippen molar-refractivity contribution in [2.75, 3.05) is 13.2 Å². The SMILES string of the molecule is CCOc1cc(/C=C2\NC(=S)N(CC)C2=O)cc(Cl)c1OCc1ccccc1C#N. The number of nitrogens with one attached hydrogen (secondary N) is 1. The van der Waals surface area contributed by atoms with Crippen molar-refractivity contribution in [3.63, 3.8) is 0 Å². The smallest absolute Gasteiger partial charge is 0.276 e. The molecule has 8 heteroatoms. The molecule has 30 heavy (non-hydrogen) atoms. The lowest BCUT2D eigenvalue weighted by Crippen LogP contribution is -2.30. The van der Waals surface area contributed by atoms with Crippen LogP contribution >= 0.6 is 23.8 Å². The number of carbonyl (C=O) groups is 1. The third-order valence-corrected chi connectivity index (χ3v) is 5.03. The van der Waals surface area contributed by atoms with Gasteiger partial charge in [-0.05, 0) is 55.9 Å². The first-order chi connectivity index (χ1) is 14.5. The molecule has 1 saturated heterocycles. The number of benzene rings is 2. The molecule has 1 N–H and O–H groups in total. The Morgan fingerprint density at radius 2 is 2.03 bits per heavy atom. The molecule has 0 aromatic heterocycles. The number of hydrogen-bond donors (Lipinski definition) is 1. The van der Waals surface area contributed by atoms with Gasteiger partial charge in [-0.3, -0.25) is 9.69 Å². The third-order valence-electron chi connectivity index (χ3n) is 4.43. The number of ether oxygens (including phenoxy) is 2. The van der Waals surface area contributed by atoms with Gasteiger partial charge in [0.1, 0.15) is 12.3 Å². The van der Waals surface area contributed by atoms with Gasteiger partial charge in [0.2, 0.25) is 0 Å². The predicted molar refractivity (Wildman–Crippen MR) is 119 cm³/mol. The number of amides is 1. The molecule has 1 heterocycles. The van der Waals surface area contributed by atoms with Crippen molar-refractivity contribution in [1.29, 1.82) is 5.26 Å². The summed E-state index contributed by atoms with van der Waals surface area (Å²) in [7, 11) is 0. The first kappa shape index (κ1) is 21.6. The molecule has 0 aliphatic carbocycles. The fourth-order valence-corrected chi connectivity index (χ4v) is 3.60. The summed E-state index contributed by atoms with van der Waals surface area (Å²) in [6.07, 6.45) is 1.67. The number of nitrogens with zero attached hydrogens (tertiary/aromatic N) is 2. The molecule has 1 aliphatic rings. The average Bonchev–Trinajstić information content (AvgIpc) is 3.00. The number of rotatable bonds is 7. The van der Waals surface area contributed by atoms with Crippen LogP contribution < -0.4 is 14.8 Å². The maximum Gasteiger partial charge on any atom is 0.276 e. The second-order valence-electron chi connectivity index (χ2n) is 6.36. The average molecular weight is 442 g/mol. The normalized spacial score (nSPS) is 14.6. The lowest BCUT2D eigenvalue weighted by atomic mass is 10.1. The van der Waals surface area contributed by atoms with Crippen LogP contribution in [0.3, 0.4) is 0 Å². The van der Waals surface area contributed by atoms with Gasteiger partial charge in [0.05, 0.1) is 23.3 Å². The van der Waals surface area contributed by atoms with Crippen molar-refractivity contribution in [3.8, 4) is 17.6 Å². The molecule has 3 rings (SSSR count). The second-order valence-corrected chi connectivity index (χ2v) is 7.15. The monoisotopic (exact) mass is 441 g/mol. The molecular weight excluding hydrogens is 422 g/mol. The second kappa shape index (κ2) is 9.61. The Bertz CT molecular complexity index is 1060. The highest BCUT2D eigenvalue weighted by atomic mass is 35.5. The highest BCUT2D eigenvalue weighted by Gasteiger charge is 2.29. The number of thiocarbonyl (C=S) groups is 1. The fraction of sp³-hybridized carbons (Fsp3) is 0.227. The highest BCUT2D eigenvalue weighted by molar-refractivity contribution is 7.80. The first-order valence-electron chi connectivity index (χ1n) is 9.40. The number of halogens is 1. The first-order valence-corrected chi connectivity index (χ1v) is 10.2. The molecule has 1 amide bonds. The summed E-state index contributed by atoms with van der Waals surface area (Å²) in [5, 5.41) is 12.9. The van der Waals surface area contributed by atoms with E-state index in [1.54, 1.807) is 30.3 Å². The van der Waals surface area contributed by atoms with Crippen molar-refractivity contribution in [1.82, 2.24) is 10.2 Å². The van der Waals surface area contributed by atoms with E-state index in [1.165, 1.54) is 4.90 Å². The van der Waals surface area contributed by atoms with Crippen LogP contribution in [-0.2, 0) is 11.4 Å². The van der Waals surface area contributed by atoms with E-state index in [1.807, 2.05) is 26.0 Å². The van der Waals surface area contributed by atoms with Crippen LogP contribution in [0.1, 0.15) is 30.5 Å². The molecule has 2 aromatic carbocycles. The van der Waals surface area contributed by atoms with Gasteiger partial charge < -0.3 is 14.8 Å². The van der Waals surface area contributed by atoms with E-state index >= 15 is 0 Å². The van der Waals surface area contributed by atoms with Crippen LogP contribution in [0.25, 0.3) is 6.08 Å². The summed E-state index contributed by atoms with van der Waals surface area (Å²) >= 11 is 11.7. The maximum absolute atomic E-state index is 12.4. The minimum absolute atomic E-state index is 0.170. The zero-order valence-corrected chi connectivity index (χ0v) is 18.1. The summed E-state index contributed by atoms with van der Waals surface area (Å²) < 4.78 is 11.6. The minimum Gasteiger partial charge on any atom is -0.490 e. The van der Waals surface area contributed by atoms with Gasteiger partial charge in [-0.2, -0.15) is 5.26 Å². The quantitative estimate of drug-likeness (QED) is 0.511. The van der Waals surface area contributed by atoms with Gasteiger partial charge in [0.15, 0.2) is 16.6 Å². The Kier molecular flexibility index (Phi) is 6.93. The van der Waals surface area contributed by atoms with E-state index in [0.717, 1.165) is 5.56 Å². The molecular formula is C22H20ClN3O3S. The summed E-state index contributed by atoms with van der Waals surface area (Å²) in [6.45, 7) is 4.78. The third kappa shape index (κ3) is 4.56. The topological polar surface area (TPSA) is 74.6 Å². The molecule has 154 valence electrons. The van der Waals surface area contributed by atoms with E-state index in [-0.39, 0.29) is 12.5 Å². The number of hydrogen-bond acceptors (Lipinski definition) is 5. The number of nitriles is 1. The van der Waals surface area contributed by atoms with E-state index in [4.69, 9.17) is 33.3 Å². The largest absolute Gasteiger partial charge is 0.490 e. The summed E-state index contributed by atoms with van der Waals surface area (Å²) in [5.74, 6) is 0.640. The molecule has 0 saturated carbocycles. The van der Waals surface area contributed by atoms with E-state index in [9.17, 15) is 10.1 Å². The number of likely N-dealkylation sites (N-methyl/N-ethyl adjacent to an activating group) is 1. The molecule has 2 aromatic rings. The van der Waals surface area contributed by atoms with Gasteiger partial charge in [-0.15, -0.1) is 0 Å². The Balaban J connectivity index is 1.89. The predicted octanol–water partition coefficient (Wildman–Crippen LogP) is 4.27. The van der Waals surface area contributed by atoms with Crippen molar-refractivity contribution >= 4 is 40.9 Å². The van der Waals surface area contributed by atoms with Crippen LogP contribution in [0.4, 0.5) is 0 Å². The molecule has 0 bridgehead atoms. The van der Waals surface area contributed by atoms with E-state index in [0.29, 0.717) is 51.6 Å². The lowest BCUT2D eigenvalue weighted by Gasteiger charge is -2.15. The molecule has 0 radical (unpaired) electrons. The molecule has 1 aliphatic heterocycles. The zero-order chi connectivity index (χ0) is 21.7. The maximum atomic E-state index is 12.4. The highest BCUT2D eigenvalue weighted by Crippen LogP contribution is 2.38. The molecule has 6 nitrogen and oxygen atoms in total. The van der Waals surface area contributed by atoms with Gasteiger partial charge in [0, 0.05) is 12.1 Å². The summed E-state index contributed by atoms with van der Waals surface area (Å²) in [6, 6.07) is 12.8. The Hall–Kier alpha value is -3.08. The van der Waals surface area contributed by atoms with Gasteiger partial charge >= 0.3 is 0 Å². The zero-order valence-electron chi connectivity index (χ0n) is 16.6. The van der Waals surface area contributed by atoms with Crippen LogP contribution in [0, 0.1) is 11.3 Å². The van der Waals surface area contributed by atoms with Crippen LogP contribution in [-0.4, -0.2) is 29.1 Å². The minimum atomic E-state index is -0.190. The Morgan fingerprint density at radius 1 is 1.27 bits per heavy atom. The Labute approximate surface area is 185 Å². The van der Waals surface area contributed by atoms with Crippen LogP contribution in [0.5, 0.6) is 11.5 Å². The van der Waals surface area contributed by atoms with Gasteiger partial charge in [0.25, 0.3) is 5.91 Å². The summed E-state index contributed by atoms with van der Waals surface area (Å²) in [4.78, 5) is 13.9. The number of carbonyl (C=O) groups excluding carboxylic acids is 1. The van der Waals surface area contributed by atoms with Crippen molar-refractivity contribution in [3.05, 3.63) is 63.8 Å². The molecule has 1 fully saturated rings. The van der Waals surface area contributed by atoms with Gasteiger partial charge in [-0.1, -0.05) is 29.8 Å². The summed E-state index contributed by atoms with van der Waals surface area (Å²) in [5.41, 5.74) is 2.33. The van der Waals surface area contributed by atoms with E-state index < -0.39 is 0 Å².